The molecule has 0 nitrogen and oxygen atoms in total. The summed E-state index contributed by atoms with van der Waals surface area (Å²) in [6.45, 7) is 2.24. The first kappa shape index (κ1) is 24.2. The summed E-state index contributed by atoms with van der Waals surface area (Å²) in [5.74, 6) is -6.16. The second kappa shape index (κ2) is 10.5. The van der Waals surface area contributed by atoms with Crippen LogP contribution in [0.3, 0.4) is 0 Å². The van der Waals surface area contributed by atoms with E-state index in [0.29, 0.717) is 18.1 Å². The predicted molar refractivity (Wildman–Crippen MR) is 127 cm³/mol. The largest absolute Gasteiger partial charge is 0.204 e. The molecule has 0 unspecified atom stereocenters. The van der Waals surface area contributed by atoms with Crippen LogP contribution in [0, 0.1) is 23.4 Å². The van der Waals surface area contributed by atoms with Gasteiger partial charge >= 0.3 is 0 Å². The van der Waals surface area contributed by atoms with Gasteiger partial charge in [-0.1, -0.05) is 68.3 Å². The van der Waals surface area contributed by atoms with Crippen LogP contribution in [-0.2, 0) is 0 Å². The minimum Gasteiger partial charge on any atom is -0.204 e. The third kappa shape index (κ3) is 5.24. The van der Waals surface area contributed by atoms with E-state index >= 15 is 0 Å². The standard InChI is InChI=1S/C29H27F5/c1-2-3-18-4-6-19(7-5-18)20-8-10-21(11-9-20)22-12-14-23(15-13-22)27(32)28(33)24-16-25(30)29(34)26(31)17-24/h8-19H,2-7H2,1H3. The van der Waals surface area contributed by atoms with Crippen molar-refractivity contribution in [3.05, 3.63) is 94.8 Å². The molecule has 1 aliphatic rings. The fourth-order valence-electron chi connectivity index (χ4n) is 4.89. The monoisotopic (exact) mass is 470 g/mol. The fraction of sp³-hybridized carbons (Fsp3) is 0.310. The number of benzene rings is 3. The molecule has 1 saturated carbocycles. The van der Waals surface area contributed by atoms with E-state index in [0.717, 1.165) is 17.0 Å². The summed E-state index contributed by atoms with van der Waals surface area (Å²) in [5.41, 5.74) is 2.37. The maximum atomic E-state index is 14.6. The Morgan fingerprint density at radius 2 is 1.21 bits per heavy atom. The summed E-state index contributed by atoms with van der Waals surface area (Å²) in [7, 11) is 0. The SMILES string of the molecule is CCCC1CCC(c2ccc(-c3ccc(C(F)=C(F)c4cc(F)c(F)c(F)c4)cc3)cc2)CC1. The zero-order valence-electron chi connectivity index (χ0n) is 19.1. The molecule has 0 amide bonds. The van der Waals surface area contributed by atoms with Gasteiger partial charge in [0.25, 0.3) is 0 Å². The molecule has 4 rings (SSSR count). The lowest BCUT2D eigenvalue weighted by atomic mass is 9.77. The average molecular weight is 471 g/mol. The van der Waals surface area contributed by atoms with E-state index in [2.05, 4.69) is 19.1 Å². The third-order valence-corrected chi connectivity index (χ3v) is 6.83. The van der Waals surface area contributed by atoms with Crippen molar-refractivity contribution in [1.29, 1.82) is 0 Å². The molecule has 0 radical (unpaired) electrons. The molecule has 3 aromatic carbocycles. The maximum absolute atomic E-state index is 14.6. The van der Waals surface area contributed by atoms with Crippen LogP contribution in [0.4, 0.5) is 22.0 Å². The van der Waals surface area contributed by atoms with Crippen LogP contribution in [0.15, 0.2) is 60.7 Å². The van der Waals surface area contributed by atoms with Crippen molar-refractivity contribution in [2.24, 2.45) is 5.92 Å². The molecule has 1 fully saturated rings. The van der Waals surface area contributed by atoms with Gasteiger partial charge in [-0.15, -0.1) is 0 Å². The van der Waals surface area contributed by atoms with Crippen molar-refractivity contribution < 1.29 is 22.0 Å². The number of hydrogen-bond acceptors (Lipinski definition) is 0. The fourth-order valence-corrected chi connectivity index (χ4v) is 4.89. The molecular formula is C29H27F5. The molecule has 3 aromatic rings. The minimum atomic E-state index is -1.73. The highest BCUT2D eigenvalue weighted by molar-refractivity contribution is 5.83. The van der Waals surface area contributed by atoms with Crippen LogP contribution < -0.4 is 0 Å². The quantitative estimate of drug-likeness (QED) is 0.191. The van der Waals surface area contributed by atoms with Crippen molar-refractivity contribution in [2.45, 2.75) is 51.4 Å². The van der Waals surface area contributed by atoms with E-state index in [1.165, 1.54) is 56.2 Å². The molecule has 0 spiro atoms. The van der Waals surface area contributed by atoms with Gasteiger partial charge in [0.15, 0.2) is 29.1 Å². The van der Waals surface area contributed by atoms with Gasteiger partial charge in [-0.3, -0.25) is 0 Å². The molecule has 1 aliphatic carbocycles. The Kier molecular flexibility index (Phi) is 7.50. The van der Waals surface area contributed by atoms with E-state index in [9.17, 15) is 22.0 Å². The lowest BCUT2D eigenvalue weighted by Gasteiger charge is -2.28. The van der Waals surface area contributed by atoms with Gasteiger partial charge in [0.2, 0.25) is 0 Å². The summed E-state index contributed by atoms with van der Waals surface area (Å²) in [5, 5.41) is 0. The van der Waals surface area contributed by atoms with Gasteiger partial charge in [0.05, 0.1) is 0 Å². The molecule has 34 heavy (non-hydrogen) atoms. The number of hydrogen-bond donors (Lipinski definition) is 0. The van der Waals surface area contributed by atoms with Crippen LogP contribution in [0.1, 0.15) is 68.1 Å². The van der Waals surface area contributed by atoms with Crippen molar-refractivity contribution in [1.82, 2.24) is 0 Å². The zero-order valence-corrected chi connectivity index (χ0v) is 19.1. The average Bonchev–Trinajstić information content (AvgIpc) is 2.87. The Morgan fingerprint density at radius 3 is 1.74 bits per heavy atom. The Labute approximate surface area is 197 Å². The van der Waals surface area contributed by atoms with Crippen LogP contribution in [0.25, 0.3) is 22.8 Å². The molecule has 0 saturated heterocycles. The second-order valence-electron chi connectivity index (χ2n) is 9.09. The normalized spacial score (nSPS) is 19.1. The van der Waals surface area contributed by atoms with Gasteiger partial charge in [-0.05, 0) is 66.3 Å². The van der Waals surface area contributed by atoms with Gasteiger partial charge in [0, 0.05) is 11.1 Å². The Balaban J connectivity index is 1.48. The van der Waals surface area contributed by atoms with Crippen molar-refractivity contribution >= 4 is 11.7 Å². The van der Waals surface area contributed by atoms with Crippen molar-refractivity contribution in [3.63, 3.8) is 0 Å². The Hall–Kier alpha value is -2.95. The summed E-state index contributed by atoms with van der Waals surface area (Å²) in [6.07, 6.45) is 7.58. The number of halogens is 5. The van der Waals surface area contributed by atoms with Gasteiger partial charge in [-0.25, -0.2) is 22.0 Å². The van der Waals surface area contributed by atoms with Crippen LogP contribution >= 0.6 is 0 Å². The first-order chi connectivity index (χ1) is 16.4. The van der Waals surface area contributed by atoms with E-state index in [4.69, 9.17) is 0 Å². The van der Waals surface area contributed by atoms with Crippen LogP contribution in [0.5, 0.6) is 0 Å². The van der Waals surface area contributed by atoms with Gasteiger partial charge in [0.1, 0.15) is 0 Å². The smallest absolute Gasteiger partial charge is 0.194 e. The topological polar surface area (TPSA) is 0 Å². The summed E-state index contributed by atoms with van der Waals surface area (Å²) < 4.78 is 68.9. The molecule has 0 N–H and O–H groups in total. The molecule has 0 atom stereocenters. The lowest BCUT2D eigenvalue weighted by molar-refractivity contribution is 0.308. The highest BCUT2D eigenvalue weighted by Crippen LogP contribution is 2.38. The molecule has 0 aromatic heterocycles. The van der Waals surface area contributed by atoms with Crippen LogP contribution in [0.2, 0.25) is 0 Å². The Morgan fingerprint density at radius 1 is 0.706 bits per heavy atom. The first-order valence-corrected chi connectivity index (χ1v) is 11.8. The minimum absolute atomic E-state index is 0.0770. The van der Waals surface area contributed by atoms with Crippen LogP contribution in [-0.4, -0.2) is 0 Å². The predicted octanol–water partition coefficient (Wildman–Crippen LogP) is 9.61. The van der Waals surface area contributed by atoms with E-state index in [1.54, 1.807) is 12.1 Å². The van der Waals surface area contributed by atoms with Crippen molar-refractivity contribution in [3.8, 4) is 11.1 Å². The molecular weight excluding hydrogens is 443 g/mol. The summed E-state index contributed by atoms with van der Waals surface area (Å²) >= 11 is 0. The maximum Gasteiger partial charge on any atom is 0.194 e. The first-order valence-electron chi connectivity index (χ1n) is 11.8. The molecule has 0 aliphatic heterocycles. The van der Waals surface area contributed by atoms with Gasteiger partial charge in [-0.2, -0.15) is 0 Å². The molecule has 0 bridgehead atoms. The Bertz CT molecular complexity index is 1130. The van der Waals surface area contributed by atoms with E-state index in [-0.39, 0.29) is 5.56 Å². The number of rotatable bonds is 6. The summed E-state index contributed by atoms with van der Waals surface area (Å²) in [6, 6.07) is 15.4. The second-order valence-corrected chi connectivity index (χ2v) is 9.09. The van der Waals surface area contributed by atoms with Crippen molar-refractivity contribution in [2.75, 3.05) is 0 Å². The highest BCUT2D eigenvalue weighted by Gasteiger charge is 2.22. The van der Waals surface area contributed by atoms with Gasteiger partial charge < -0.3 is 0 Å². The summed E-state index contributed by atoms with van der Waals surface area (Å²) in [4.78, 5) is 0. The zero-order chi connectivity index (χ0) is 24.2. The highest BCUT2D eigenvalue weighted by atomic mass is 19.2. The molecule has 0 heterocycles. The third-order valence-electron chi connectivity index (χ3n) is 6.83. The molecule has 5 heteroatoms. The van der Waals surface area contributed by atoms with E-state index in [1.807, 2.05) is 12.1 Å². The molecule has 178 valence electrons. The van der Waals surface area contributed by atoms with E-state index < -0.39 is 34.7 Å². The lowest BCUT2D eigenvalue weighted by Crippen LogP contribution is -2.13.